The van der Waals surface area contributed by atoms with E-state index >= 15 is 0 Å². The summed E-state index contributed by atoms with van der Waals surface area (Å²) < 4.78 is 6.21. The minimum atomic E-state index is -0.375. The molecule has 2 rings (SSSR count). The van der Waals surface area contributed by atoms with Gasteiger partial charge in [0.25, 0.3) is 0 Å². The van der Waals surface area contributed by atoms with Gasteiger partial charge >= 0.3 is 5.97 Å². The van der Waals surface area contributed by atoms with Gasteiger partial charge in [-0.25, -0.2) is 4.79 Å². The van der Waals surface area contributed by atoms with Crippen LogP contribution in [-0.4, -0.2) is 5.97 Å². The average Bonchev–Trinajstić information content (AvgIpc) is 2.70. The third kappa shape index (κ3) is 2.94. The van der Waals surface area contributed by atoms with Gasteiger partial charge in [-0.3, -0.25) is 0 Å². The molecule has 94 valence electrons. The molecule has 5 heteroatoms. The summed E-state index contributed by atoms with van der Waals surface area (Å²) in [6.07, 6.45) is 0. The van der Waals surface area contributed by atoms with E-state index in [9.17, 15) is 4.79 Å². The van der Waals surface area contributed by atoms with Gasteiger partial charge in [-0.1, -0.05) is 27.5 Å². The average molecular weight is 346 g/mol. The highest BCUT2D eigenvalue weighted by atomic mass is 79.9. The zero-order valence-electron chi connectivity index (χ0n) is 9.79. The van der Waals surface area contributed by atoms with E-state index in [4.69, 9.17) is 16.3 Å². The third-order valence-corrected chi connectivity index (χ3v) is 4.05. The predicted molar refractivity (Wildman–Crippen MR) is 77.9 cm³/mol. The van der Waals surface area contributed by atoms with Crippen molar-refractivity contribution in [2.45, 2.75) is 13.8 Å². The van der Waals surface area contributed by atoms with Gasteiger partial charge in [0.15, 0.2) is 5.75 Å². The van der Waals surface area contributed by atoms with Crippen LogP contribution in [0, 0.1) is 13.8 Å². The summed E-state index contributed by atoms with van der Waals surface area (Å²) in [5.74, 6) is 0.0383. The monoisotopic (exact) mass is 344 g/mol. The van der Waals surface area contributed by atoms with Gasteiger partial charge in [0.2, 0.25) is 0 Å². The van der Waals surface area contributed by atoms with Crippen LogP contribution in [0.3, 0.4) is 0 Å². The molecule has 0 atom stereocenters. The largest absolute Gasteiger partial charge is 0.420 e. The zero-order valence-corrected chi connectivity index (χ0v) is 12.9. The van der Waals surface area contributed by atoms with E-state index in [2.05, 4.69) is 15.9 Å². The van der Waals surface area contributed by atoms with Gasteiger partial charge in [-0.15, -0.1) is 11.3 Å². The Morgan fingerprint density at radius 3 is 2.61 bits per heavy atom. The molecule has 0 aliphatic rings. The van der Waals surface area contributed by atoms with Gasteiger partial charge in [-0.05, 0) is 43.7 Å². The van der Waals surface area contributed by atoms with Gasteiger partial charge in [0.1, 0.15) is 4.88 Å². The fourth-order valence-corrected chi connectivity index (χ4v) is 3.26. The first-order valence-electron chi connectivity index (χ1n) is 5.21. The number of carbonyl (C=O) groups excluding carboxylic acids is 1. The van der Waals surface area contributed by atoms with Crippen LogP contribution < -0.4 is 4.74 Å². The van der Waals surface area contributed by atoms with E-state index in [0.717, 1.165) is 14.9 Å². The van der Waals surface area contributed by atoms with Crippen LogP contribution in [0.2, 0.25) is 5.02 Å². The minimum Gasteiger partial charge on any atom is -0.420 e. The molecular weight excluding hydrogens is 336 g/mol. The summed E-state index contributed by atoms with van der Waals surface area (Å²) in [6, 6.07) is 7.20. The van der Waals surface area contributed by atoms with Crippen molar-refractivity contribution >= 4 is 44.8 Å². The van der Waals surface area contributed by atoms with E-state index in [1.807, 2.05) is 26.0 Å². The second-order valence-electron chi connectivity index (χ2n) is 3.83. The number of halogens is 2. The van der Waals surface area contributed by atoms with Crippen molar-refractivity contribution in [2.24, 2.45) is 0 Å². The van der Waals surface area contributed by atoms with Crippen molar-refractivity contribution < 1.29 is 9.53 Å². The molecule has 1 heterocycles. The van der Waals surface area contributed by atoms with Crippen molar-refractivity contribution in [1.82, 2.24) is 0 Å². The summed E-state index contributed by atoms with van der Waals surface area (Å²) in [7, 11) is 0. The van der Waals surface area contributed by atoms with Gasteiger partial charge in [-0.2, -0.15) is 0 Å². The van der Waals surface area contributed by atoms with Crippen molar-refractivity contribution in [1.29, 1.82) is 0 Å². The minimum absolute atomic E-state index is 0.375. The maximum atomic E-state index is 11.9. The smallest absolute Gasteiger partial charge is 0.353 e. The summed E-state index contributed by atoms with van der Waals surface area (Å²) in [4.78, 5) is 13.6. The topological polar surface area (TPSA) is 26.3 Å². The first-order valence-corrected chi connectivity index (χ1v) is 7.20. The maximum Gasteiger partial charge on any atom is 0.353 e. The molecule has 2 nitrogen and oxygen atoms in total. The fourth-order valence-electron chi connectivity index (χ4n) is 1.51. The lowest BCUT2D eigenvalue weighted by atomic mass is 10.2. The number of benzene rings is 1. The molecule has 0 saturated heterocycles. The normalized spacial score (nSPS) is 10.4. The van der Waals surface area contributed by atoms with Crippen molar-refractivity contribution in [3.05, 3.63) is 49.1 Å². The Labute approximate surface area is 123 Å². The Kier molecular flexibility index (Phi) is 4.10. The van der Waals surface area contributed by atoms with E-state index in [1.54, 1.807) is 12.1 Å². The molecule has 0 amide bonds. The van der Waals surface area contributed by atoms with Crippen LogP contribution in [-0.2, 0) is 0 Å². The highest BCUT2D eigenvalue weighted by molar-refractivity contribution is 9.10. The number of thiophene rings is 1. The molecular formula is C13H10BrClO2S. The van der Waals surface area contributed by atoms with E-state index in [0.29, 0.717) is 15.6 Å². The molecule has 0 bridgehead atoms. The molecule has 0 spiro atoms. The lowest BCUT2D eigenvalue weighted by Crippen LogP contribution is -2.07. The molecule has 1 aromatic carbocycles. The molecule has 2 aromatic rings. The zero-order chi connectivity index (χ0) is 13.3. The first kappa shape index (κ1) is 13.6. The van der Waals surface area contributed by atoms with Gasteiger partial charge in [0.05, 0.1) is 5.02 Å². The Hall–Kier alpha value is -0.840. The Bertz CT molecular complexity index is 584. The molecule has 18 heavy (non-hydrogen) atoms. The van der Waals surface area contributed by atoms with E-state index in [-0.39, 0.29) is 5.97 Å². The lowest BCUT2D eigenvalue weighted by molar-refractivity contribution is 0.0738. The van der Waals surface area contributed by atoms with Crippen LogP contribution in [0.15, 0.2) is 28.7 Å². The molecule has 0 aliphatic heterocycles. The van der Waals surface area contributed by atoms with Crippen molar-refractivity contribution in [3.8, 4) is 5.75 Å². The van der Waals surface area contributed by atoms with Crippen LogP contribution in [0.1, 0.15) is 20.1 Å². The molecule has 0 saturated carbocycles. The molecule has 0 radical (unpaired) electrons. The van der Waals surface area contributed by atoms with Crippen molar-refractivity contribution in [3.63, 3.8) is 0 Å². The standard InChI is InChI=1S/C13H10BrClO2S/c1-7-5-9(14)6-10(15)12(7)17-13(16)11-4-3-8(2)18-11/h3-6H,1-2H3. The SMILES string of the molecule is Cc1ccc(C(=O)Oc2c(C)cc(Br)cc2Cl)s1. The Morgan fingerprint density at radius 1 is 1.33 bits per heavy atom. The molecule has 0 N–H and O–H groups in total. The second kappa shape index (κ2) is 5.43. The van der Waals surface area contributed by atoms with Gasteiger partial charge < -0.3 is 4.74 Å². The summed E-state index contributed by atoms with van der Waals surface area (Å²) in [5, 5.41) is 0.420. The highest BCUT2D eigenvalue weighted by Crippen LogP contribution is 2.33. The summed E-state index contributed by atoms with van der Waals surface area (Å²) >= 11 is 10.8. The van der Waals surface area contributed by atoms with Gasteiger partial charge in [0, 0.05) is 9.35 Å². The number of rotatable bonds is 2. The highest BCUT2D eigenvalue weighted by Gasteiger charge is 2.15. The molecule has 1 aromatic heterocycles. The lowest BCUT2D eigenvalue weighted by Gasteiger charge is -2.09. The van der Waals surface area contributed by atoms with Crippen LogP contribution in [0.25, 0.3) is 0 Å². The molecule has 0 fully saturated rings. The van der Waals surface area contributed by atoms with Crippen molar-refractivity contribution in [2.75, 3.05) is 0 Å². The van der Waals surface area contributed by atoms with Crippen LogP contribution >= 0.6 is 38.9 Å². The number of esters is 1. The number of aryl methyl sites for hydroxylation is 2. The maximum absolute atomic E-state index is 11.9. The Balaban J connectivity index is 2.27. The number of ether oxygens (including phenoxy) is 1. The fraction of sp³-hybridized carbons (Fsp3) is 0.154. The number of hydrogen-bond donors (Lipinski definition) is 0. The summed E-state index contributed by atoms with van der Waals surface area (Å²) in [5.41, 5.74) is 0.816. The first-order chi connectivity index (χ1) is 8.47. The van der Waals surface area contributed by atoms with Crippen LogP contribution in [0.5, 0.6) is 5.75 Å². The second-order valence-corrected chi connectivity index (χ2v) is 6.44. The Morgan fingerprint density at radius 2 is 2.06 bits per heavy atom. The molecule has 0 unspecified atom stereocenters. The third-order valence-electron chi connectivity index (χ3n) is 2.33. The summed E-state index contributed by atoms with van der Waals surface area (Å²) in [6.45, 7) is 3.79. The quantitative estimate of drug-likeness (QED) is 0.565. The predicted octanol–water partition coefficient (Wildman–Crippen LogP) is 5.00. The number of carbonyl (C=O) groups is 1. The van der Waals surface area contributed by atoms with E-state index < -0.39 is 0 Å². The van der Waals surface area contributed by atoms with E-state index in [1.165, 1.54) is 11.3 Å². The number of hydrogen-bond acceptors (Lipinski definition) is 3. The van der Waals surface area contributed by atoms with Crippen LogP contribution in [0.4, 0.5) is 0 Å². The molecule has 0 aliphatic carbocycles.